The van der Waals surface area contributed by atoms with Crippen LogP contribution in [0.15, 0.2) is 55.1 Å². The lowest BCUT2D eigenvalue weighted by Crippen LogP contribution is -2.29. The molecule has 0 unspecified atom stereocenters. The molecule has 122 valence electrons. The molecule has 1 aliphatic carbocycles. The SMILES string of the molecule is C=C(c1ccc2c(c1)OCO2)[C@]1(C)C(=O)CC[C@@H]1c1ccccc1. The fraction of sp³-hybridized carbons (Fsp3) is 0.286. The van der Waals surface area contributed by atoms with E-state index in [0.29, 0.717) is 6.42 Å². The molecule has 2 aliphatic rings. The van der Waals surface area contributed by atoms with Gasteiger partial charge in [0.05, 0.1) is 5.41 Å². The van der Waals surface area contributed by atoms with Gasteiger partial charge in [-0.05, 0) is 42.2 Å². The molecule has 0 N–H and O–H groups in total. The van der Waals surface area contributed by atoms with Gasteiger partial charge in [-0.25, -0.2) is 0 Å². The zero-order valence-corrected chi connectivity index (χ0v) is 13.7. The van der Waals surface area contributed by atoms with Crippen molar-refractivity contribution in [2.24, 2.45) is 5.41 Å². The lowest BCUT2D eigenvalue weighted by atomic mass is 9.69. The maximum atomic E-state index is 12.8. The number of hydrogen-bond donors (Lipinski definition) is 0. The maximum Gasteiger partial charge on any atom is 0.231 e. The molecule has 1 heterocycles. The lowest BCUT2D eigenvalue weighted by molar-refractivity contribution is -0.122. The van der Waals surface area contributed by atoms with Crippen molar-refractivity contribution in [3.05, 3.63) is 66.2 Å². The van der Waals surface area contributed by atoms with Gasteiger partial charge in [0.25, 0.3) is 0 Å². The van der Waals surface area contributed by atoms with Crippen LogP contribution in [0.1, 0.15) is 36.8 Å². The largest absolute Gasteiger partial charge is 0.454 e. The van der Waals surface area contributed by atoms with Gasteiger partial charge < -0.3 is 9.47 Å². The van der Waals surface area contributed by atoms with Gasteiger partial charge in [0, 0.05) is 12.3 Å². The van der Waals surface area contributed by atoms with Crippen molar-refractivity contribution in [3.63, 3.8) is 0 Å². The average Bonchev–Trinajstić information content (AvgIpc) is 3.20. The Morgan fingerprint density at radius 2 is 1.88 bits per heavy atom. The number of ether oxygens (including phenoxy) is 2. The van der Waals surface area contributed by atoms with Crippen molar-refractivity contribution in [2.75, 3.05) is 6.79 Å². The summed E-state index contributed by atoms with van der Waals surface area (Å²) in [4.78, 5) is 12.8. The van der Waals surface area contributed by atoms with E-state index in [-0.39, 0.29) is 18.5 Å². The van der Waals surface area contributed by atoms with Crippen LogP contribution < -0.4 is 9.47 Å². The number of benzene rings is 2. The van der Waals surface area contributed by atoms with Gasteiger partial charge in [0.1, 0.15) is 5.78 Å². The Balaban J connectivity index is 1.74. The quantitative estimate of drug-likeness (QED) is 0.830. The lowest BCUT2D eigenvalue weighted by Gasteiger charge is -2.33. The molecular weight excluding hydrogens is 300 g/mol. The number of fused-ring (bicyclic) bond motifs is 1. The van der Waals surface area contributed by atoms with Gasteiger partial charge >= 0.3 is 0 Å². The first kappa shape index (κ1) is 15.0. The third kappa shape index (κ3) is 2.15. The van der Waals surface area contributed by atoms with Crippen LogP contribution in [-0.4, -0.2) is 12.6 Å². The van der Waals surface area contributed by atoms with E-state index in [0.717, 1.165) is 29.1 Å². The zero-order valence-electron chi connectivity index (χ0n) is 13.7. The number of hydrogen-bond acceptors (Lipinski definition) is 3. The van der Waals surface area contributed by atoms with Crippen LogP contribution in [0, 0.1) is 5.41 Å². The number of allylic oxidation sites excluding steroid dienone is 1. The third-order valence-electron chi connectivity index (χ3n) is 5.49. The summed E-state index contributed by atoms with van der Waals surface area (Å²) < 4.78 is 10.9. The molecule has 0 radical (unpaired) electrons. The Labute approximate surface area is 141 Å². The number of carbonyl (C=O) groups excluding carboxylic acids is 1. The third-order valence-corrected chi connectivity index (χ3v) is 5.49. The van der Waals surface area contributed by atoms with E-state index in [9.17, 15) is 4.79 Å². The highest BCUT2D eigenvalue weighted by atomic mass is 16.7. The summed E-state index contributed by atoms with van der Waals surface area (Å²) in [6.45, 7) is 6.59. The van der Waals surface area contributed by atoms with E-state index in [1.165, 1.54) is 5.56 Å². The summed E-state index contributed by atoms with van der Waals surface area (Å²) in [5.74, 6) is 1.89. The minimum absolute atomic E-state index is 0.157. The van der Waals surface area contributed by atoms with Crippen LogP contribution in [0.2, 0.25) is 0 Å². The first-order valence-electron chi connectivity index (χ1n) is 8.28. The van der Waals surface area contributed by atoms with Crippen LogP contribution in [0.3, 0.4) is 0 Å². The first-order chi connectivity index (χ1) is 11.6. The smallest absolute Gasteiger partial charge is 0.231 e. The summed E-state index contributed by atoms with van der Waals surface area (Å²) in [7, 11) is 0. The normalized spacial score (nSPS) is 25.0. The van der Waals surface area contributed by atoms with E-state index in [4.69, 9.17) is 9.47 Å². The van der Waals surface area contributed by atoms with E-state index in [1.807, 2.05) is 43.3 Å². The Morgan fingerprint density at radius 1 is 1.12 bits per heavy atom. The highest BCUT2D eigenvalue weighted by Crippen LogP contribution is 2.54. The second-order valence-electron chi connectivity index (χ2n) is 6.67. The zero-order chi connectivity index (χ0) is 16.7. The Kier molecular flexibility index (Phi) is 3.45. The van der Waals surface area contributed by atoms with Crippen LogP contribution >= 0.6 is 0 Å². The van der Waals surface area contributed by atoms with Crippen molar-refractivity contribution in [1.82, 2.24) is 0 Å². The minimum atomic E-state index is -0.588. The summed E-state index contributed by atoms with van der Waals surface area (Å²) in [6, 6.07) is 16.1. The molecule has 2 aromatic carbocycles. The van der Waals surface area contributed by atoms with E-state index >= 15 is 0 Å². The predicted octanol–water partition coefficient (Wildman–Crippen LogP) is 4.58. The van der Waals surface area contributed by atoms with E-state index in [1.54, 1.807) is 0 Å². The van der Waals surface area contributed by atoms with Crippen LogP contribution in [-0.2, 0) is 4.79 Å². The average molecular weight is 320 g/mol. The Morgan fingerprint density at radius 3 is 2.67 bits per heavy atom. The van der Waals surface area contributed by atoms with Crippen molar-refractivity contribution in [1.29, 1.82) is 0 Å². The molecule has 0 spiro atoms. The molecule has 2 atom stereocenters. The molecule has 4 rings (SSSR count). The second-order valence-corrected chi connectivity index (χ2v) is 6.67. The van der Waals surface area contributed by atoms with Gasteiger partial charge in [-0.1, -0.05) is 43.0 Å². The van der Waals surface area contributed by atoms with Crippen LogP contribution in [0.4, 0.5) is 0 Å². The fourth-order valence-electron chi connectivity index (χ4n) is 3.97. The van der Waals surface area contributed by atoms with Crippen LogP contribution in [0.25, 0.3) is 5.57 Å². The van der Waals surface area contributed by atoms with Crippen molar-refractivity contribution in [2.45, 2.75) is 25.7 Å². The molecule has 2 aromatic rings. The van der Waals surface area contributed by atoms with Gasteiger partial charge in [-0.2, -0.15) is 0 Å². The van der Waals surface area contributed by atoms with Crippen molar-refractivity contribution in [3.8, 4) is 11.5 Å². The molecule has 3 nitrogen and oxygen atoms in total. The molecule has 3 heteroatoms. The van der Waals surface area contributed by atoms with E-state index < -0.39 is 5.41 Å². The van der Waals surface area contributed by atoms with Gasteiger partial charge in [-0.3, -0.25) is 4.79 Å². The Bertz CT molecular complexity index is 809. The highest BCUT2D eigenvalue weighted by Gasteiger charge is 2.48. The Hall–Kier alpha value is -2.55. The molecule has 1 aliphatic heterocycles. The summed E-state index contributed by atoms with van der Waals surface area (Å²) in [5.41, 5.74) is 2.41. The highest BCUT2D eigenvalue weighted by molar-refractivity contribution is 6.00. The van der Waals surface area contributed by atoms with E-state index in [2.05, 4.69) is 18.7 Å². The first-order valence-corrected chi connectivity index (χ1v) is 8.28. The summed E-state index contributed by atoms with van der Waals surface area (Å²) in [6.07, 6.45) is 1.46. The topological polar surface area (TPSA) is 35.5 Å². The van der Waals surface area contributed by atoms with Gasteiger partial charge in [0.2, 0.25) is 6.79 Å². The summed E-state index contributed by atoms with van der Waals surface area (Å²) in [5, 5.41) is 0. The monoisotopic (exact) mass is 320 g/mol. The van der Waals surface area contributed by atoms with Crippen LogP contribution in [0.5, 0.6) is 11.5 Å². The number of rotatable bonds is 3. The van der Waals surface area contributed by atoms with Gasteiger partial charge in [-0.15, -0.1) is 0 Å². The number of carbonyl (C=O) groups is 1. The minimum Gasteiger partial charge on any atom is -0.454 e. The molecule has 1 saturated carbocycles. The standard InChI is InChI=1S/C21H20O3/c1-14(16-8-10-18-19(12-16)24-13-23-18)21(2)17(9-11-20(21)22)15-6-4-3-5-7-15/h3-8,10,12,17H,1,9,11,13H2,2H3/t17-,21+/m1/s1. The predicted molar refractivity (Wildman–Crippen MR) is 93.1 cm³/mol. The summed E-state index contributed by atoms with van der Waals surface area (Å²) >= 11 is 0. The molecule has 0 aromatic heterocycles. The number of Topliss-reactive ketones (excluding diaryl/α,β-unsaturated/α-hetero) is 1. The van der Waals surface area contributed by atoms with Crippen molar-refractivity contribution >= 4 is 11.4 Å². The molecule has 24 heavy (non-hydrogen) atoms. The molecule has 0 saturated heterocycles. The molecule has 1 fully saturated rings. The molecular formula is C21H20O3. The molecule has 0 amide bonds. The fourth-order valence-corrected chi connectivity index (χ4v) is 3.97. The van der Waals surface area contributed by atoms with Gasteiger partial charge in [0.15, 0.2) is 11.5 Å². The molecule has 0 bridgehead atoms. The maximum absolute atomic E-state index is 12.8. The second kappa shape index (κ2) is 5.52. The van der Waals surface area contributed by atoms with Crippen molar-refractivity contribution < 1.29 is 14.3 Å². The number of ketones is 1.